The second-order valence-corrected chi connectivity index (χ2v) is 7.98. The van der Waals surface area contributed by atoms with Gasteiger partial charge < -0.3 is 19.2 Å². The van der Waals surface area contributed by atoms with Crippen molar-refractivity contribution in [3.63, 3.8) is 0 Å². The van der Waals surface area contributed by atoms with Crippen molar-refractivity contribution < 1.29 is 18.7 Å². The first-order valence-corrected chi connectivity index (χ1v) is 10.5. The molecule has 0 unspecified atom stereocenters. The molecule has 0 aliphatic carbocycles. The van der Waals surface area contributed by atoms with Gasteiger partial charge in [0.05, 0.1) is 6.54 Å². The largest absolute Gasteiger partial charge is 0.454 e. The molecule has 160 valence electrons. The van der Waals surface area contributed by atoms with Gasteiger partial charge >= 0.3 is 0 Å². The van der Waals surface area contributed by atoms with Crippen LogP contribution in [0.5, 0.6) is 11.5 Å². The third-order valence-corrected chi connectivity index (χ3v) is 5.69. The Morgan fingerprint density at radius 3 is 2.77 bits per heavy atom. The van der Waals surface area contributed by atoms with E-state index in [-0.39, 0.29) is 18.6 Å². The van der Waals surface area contributed by atoms with E-state index in [9.17, 15) is 4.79 Å². The van der Waals surface area contributed by atoms with Crippen LogP contribution in [0.15, 0.2) is 46.9 Å². The molecule has 3 heterocycles. The van der Waals surface area contributed by atoms with E-state index in [0.717, 1.165) is 42.7 Å². The van der Waals surface area contributed by atoms with E-state index in [0.29, 0.717) is 29.8 Å². The van der Waals surface area contributed by atoms with Crippen molar-refractivity contribution in [3.05, 3.63) is 53.9 Å². The zero-order chi connectivity index (χ0) is 21.2. The molecule has 5 rings (SSSR count). The van der Waals surface area contributed by atoms with Gasteiger partial charge in [-0.1, -0.05) is 17.7 Å². The summed E-state index contributed by atoms with van der Waals surface area (Å²) in [5.41, 5.74) is 2.81. The van der Waals surface area contributed by atoms with Crippen LogP contribution in [0.25, 0.3) is 11.5 Å². The monoisotopic (exact) mass is 420 g/mol. The summed E-state index contributed by atoms with van der Waals surface area (Å²) < 4.78 is 16.5. The van der Waals surface area contributed by atoms with Crippen molar-refractivity contribution in [2.24, 2.45) is 5.92 Å². The predicted molar refractivity (Wildman–Crippen MR) is 114 cm³/mol. The molecular weight excluding hydrogens is 396 g/mol. The molecule has 2 aliphatic heterocycles. The van der Waals surface area contributed by atoms with Gasteiger partial charge in [-0.25, -0.2) is 0 Å². The number of likely N-dealkylation sites (tertiary alicyclic amines) is 1. The standard InChI is InChI=1S/C23H24N4O4/c1-15-3-2-4-17(11-15)23-26-25-21(31-23)13-27-9-7-16(8-10-27)22(28)24-18-5-6-19-20(12-18)30-14-29-19/h2-6,11-12,16H,7-10,13-14H2,1H3,(H,24,28). The number of anilines is 1. The molecule has 3 aromatic rings. The number of fused-ring (bicyclic) bond motifs is 1. The van der Waals surface area contributed by atoms with E-state index < -0.39 is 0 Å². The topological polar surface area (TPSA) is 89.7 Å². The number of rotatable bonds is 5. The highest BCUT2D eigenvalue weighted by Crippen LogP contribution is 2.34. The number of carbonyl (C=O) groups excluding carboxylic acids is 1. The quantitative estimate of drug-likeness (QED) is 0.674. The fourth-order valence-corrected chi connectivity index (χ4v) is 3.98. The molecule has 31 heavy (non-hydrogen) atoms. The number of nitrogens with one attached hydrogen (secondary N) is 1. The Bertz CT molecular complexity index is 1090. The minimum Gasteiger partial charge on any atom is -0.454 e. The first kappa shape index (κ1) is 19.6. The summed E-state index contributed by atoms with van der Waals surface area (Å²) in [6.07, 6.45) is 1.57. The molecule has 1 N–H and O–H groups in total. The number of carbonyl (C=O) groups is 1. The van der Waals surface area contributed by atoms with Crippen molar-refractivity contribution in [2.45, 2.75) is 26.3 Å². The van der Waals surface area contributed by atoms with Gasteiger partial charge in [0, 0.05) is 23.2 Å². The van der Waals surface area contributed by atoms with Crippen molar-refractivity contribution in [1.29, 1.82) is 0 Å². The van der Waals surface area contributed by atoms with Crippen LogP contribution >= 0.6 is 0 Å². The van der Waals surface area contributed by atoms with Crippen LogP contribution in [-0.2, 0) is 11.3 Å². The number of aryl methyl sites for hydroxylation is 1. The summed E-state index contributed by atoms with van der Waals surface area (Å²) >= 11 is 0. The predicted octanol–water partition coefficient (Wildman–Crippen LogP) is 3.62. The molecule has 2 aromatic carbocycles. The highest BCUT2D eigenvalue weighted by molar-refractivity contribution is 5.93. The second-order valence-electron chi connectivity index (χ2n) is 7.98. The molecule has 0 saturated carbocycles. The number of hydrogen-bond donors (Lipinski definition) is 1. The molecule has 0 spiro atoms. The summed E-state index contributed by atoms with van der Waals surface area (Å²) in [4.78, 5) is 14.9. The van der Waals surface area contributed by atoms with Crippen LogP contribution in [0.4, 0.5) is 5.69 Å². The Hall–Kier alpha value is -3.39. The van der Waals surface area contributed by atoms with Gasteiger partial charge in [-0.2, -0.15) is 0 Å². The molecule has 0 atom stereocenters. The Morgan fingerprint density at radius 1 is 1.10 bits per heavy atom. The third-order valence-electron chi connectivity index (χ3n) is 5.69. The van der Waals surface area contributed by atoms with Crippen LogP contribution in [0.1, 0.15) is 24.3 Å². The van der Waals surface area contributed by atoms with Gasteiger partial charge in [0.15, 0.2) is 11.5 Å². The van der Waals surface area contributed by atoms with Crippen LogP contribution in [-0.4, -0.2) is 40.9 Å². The van der Waals surface area contributed by atoms with Gasteiger partial charge in [-0.15, -0.1) is 10.2 Å². The molecule has 0 bridgehead atoms. The summed E-state index contributed by atoms with van der Waals surface area (Å²) in [5.74, 6) is 2.52. The van der Waals surface area contributed by atoms with Crippen molar-refractivity contribution in [3.8, 4) is 23.0 Å². The van der Waals surface area contributed by atoms with Crippen LogP contribution in [0, 0.1) is 12.8 Å². The smallest absolute Gasteiger partial charge is 0.247 e. The van der Waals surface area contributed by atoms with E-state index in [4.69, 9.17) is 13.9 Å². The summed E-state index contributed by atoms with van der Waals surface area (Å²) in [6.45, 7) is 4.46. The second kappa shape index (κ2) is 8.39. The molecule has 1 amide bonds. The van der Waals surface area contributed by atoms with E-state index in [1.807, 2.05) is 43.3 Å². The Morgan fingerprint density at radius 2 is 1.94 bits per heavy atom. The van der Waals surface area contributed by atoms with Gasteiger partial charge in [-0.05, 0) is 57.1 Å². The van der Waals surface area contributed by atoms with E-state index in [1.165, 1.54) is 0 Å². The highest BCUT2D eigenvalue weighted by atomic mass is 16.7. The van der Waals surface area contributed by atoms with E-state index >= 15 is 0 Å². The Balaban J connectivity index is 1.13. The number of ether oxygens (including phenoxy) is 2. The van der Waals surface area contributed by atoms with Gasteiger partial charge in [0.25, 0.3) is 0 Å². The molecule has 1 aromatic heterocycles. The third kappa shape index (κ3) is 4.39. The summed E-state index contributed by atoms with van der Waals surface area (Å²) in [5, 5.41) is 11.4. The number of benzene rings is 2. The molecule has 2 aliphatic rings. The van der Waals surface area contributed by atoms with Crippen LogP contribution in [0.3, 0.4) is 0 Å². The van der Waals surface area contributed by atoms with Gasteiger partial charge in [0.1, 0.15) is 0 Å². The van der Waals surface area contributed by atoms with Gasteiger partial charge in [-0.3, -0.25) is 9.69 Å². The minimum absolute atomic E-state index is 0.0211. The SMILES string of the molecule is Cc1cccc(-c2nnc(CN3CCC(C(=O)Nc4ccc5c(c4)OCO5)CC3)o2)c1. The molecule has 8 heteroatoms. The lowest BCUT2D eigenvalue weighted by atomic mass is 9.96. The number of aromatic nitrogens is 2. The zero-order valence-corrected chi connectivity index (χ0v) is 17.3. The van der Waals surface area contributed by atoms with E-state index in [2.05, 4.69) is 20.4 Å². The van der Waals surface area contributed by atoms with Crippen molar-refractivity contribution >= 4 is 11.6 Å². The fourth-order valence-electron chi connectivity index (χ4n) is 3.98. The lowest BCUT2D eigenvalue weighted by molar-refractivity contribution is -0.121. The van der Waals surface area contributed by atoms with Crippen molar-refractivity contribution in [1.82, 2.24) is 15.1 Å². The molecule has 1 fully saturated rings. The van der Waals surface area contributed by atoms with Gasteiger partial charge in [0.2, 0.25) is 24.5 Å². The summed E-state index contributed by atoms with van der Waals surface area (Å²) in [7, 11) is 0. The number of nitrogens with zero attached hydrogens (tertiary/aromatic N) is 3. The lowest BCUT2D eigenvalue weighted by Crippen LogP contribution is -2.37. The minimum atomic E-state index is -0.0211. The lowest BCUT2D eigenvalue weighted by Gasteiger charge is -2.30. The maximum atomic E-state index is 12.7. The molecular formula is C23H24N4O4. The maximum absolute atomic E-state index is 12.7. The van der Waals surface area contributed by atoms with E-state index in [1.54, 1.807) is 6.07 Å². The van der Waals surface area contributed by atoms with Crippen LogP contribution in [0.2, 0.25) is 0 Å². The maximum Gasteiger partial charge on any atom is 0.247 e. The average molecular weight is 420 g/mol. The Labute approximate surface area is 180 Å². The van der Waals surface area contributed by atoms with Crippen LogP contribution < -0.4 is 14.8 Å². The number of amides is 1. The first-order chi connectivity index (χ1) is 15.1. The molecule has 0 radical (unpaired) electrons. The fraction of sp³-hybridized carbons (Fsp3) is 0.348. The molecule has 8 nitrogen and oxygen atoms in total. The van der Waals surface area contributed by atoms with Crippen molar-refractivity contribution in [2.75, 3.05) is 25.2 Å². The number of piperidine rings is 1. The average Bonchev–Trinajstić information content (AvgIpc) is 3.43. The Kier molecular flexibility index (Phi) is 5.30. The normalized spacial score (nSPS) is 16.4. The first-order valence-electron chi connectivity index (χ1n) is 10.5. The zero-order valence-electron chi connectivity index (χ0n) is 17.3. The molecule has 1 saturated heterocycles. The summed E-state index contributed by atoms with van der Waals surface area (Å²) in [6, 6.07) is 13.5. The highest BCUT2D eigenvalue weighted by Gasteiger charge is 2.26. The number of hydrogen-bond acceptors (Lipinski definition) is 7.